The van der Waals surface area contributed by atoms with Crippen molar-refractivity contribution in [1.82, 2.24) is 0 Å². The second-order valence-corrected chi connectivity index (χ2v) is 6.46. The van der Waals surface area contributed by atoms with E-state index in [0.717, 1.165) is 0 Å². The van der Waals surface area contributed by atoms with Crippen molar-refractivity contribution in [2.45, 2.75) is 12.6 Å². The van der Waals surface area contributed by atoms with Crippen LogP contribution in [0.15, 0.2) is 78.9 Å². The lowest BCUT2D eigenvalue weighted by Gasteiger charge is -2.44. The maximum absolute atomic E-state index is 2.42. The number of hydrogen-bond donors (Lipinski definition) is 0. The van der Waals surface area contributed by atoms with Crippen LogP contribution in [0, 0.1) is 6.92 Å². The highest BCUT2D eigenvalue weighted by Gasteiger charge is 2.49. The molecular weight excluding hydrogens is 292 g/mol. The largest absolute Gasteiger partial charge is 0.343 e. The number of hydrogen-bond acceptors (Lipinski definition) is 2. The fraction of sp³-hybridized carbons (Fsp3) is 0.182. The summed E-state index contributed by atoms with van der Waals surface area (Å²) in [5.41, 5.74) is 6.08. The van der Waals surface area contributed by atoms with Gasteiger partial charge in [0.15, 0.2) is 5.66 Å². The maximum atomic E-state index is 2.42. The van der Waals surface area contributed by atoms with E-state index in [1.165, 1.54) is 28.1 Å². The molecule has 0 N–H and O–H groups in total. The fourth-order valence-electron chi connectivity index (χ4n) is 4.19. The van der Waals surface area contributed by atoms with Gasteiger partial charge in [0.1, 0.15) is 0 Å². The van der Waals surface area contributed by atoms with Crippen molar-refractivity contribution in [2.75, 3.05) is 23.9 Å². The Morgan fingerprint density at radius 1 is 0.625 bits per heavy atom. The zero-order chi connectivity index (χ0) is 16.7. The van der Waals surface area contributed by atoms with E-state index in [9.17, 15) is 0 Å². The third kappa shape index (κ3) is 1.83. The number of anilines is 2. The number of nitrogens with zero attached hydrogens (tertiary/aromatic N) is 2. The minimum absolute atomic E-state index is 0.336. The second-order valence-electron chi connectivity index (χ2n) is 6.46. The van der Waals surface area contributed by atoms with Crippen molar-refractivity contribution in [2.24, 2.45) is 0 Å². The molecule has 1 heterocycles. The molecule has 3 aromatic carbocycles. The van der Waals surface area contributed by atoms with Crippen LogP contribution in [-0.2, 0) is 5.66 Å². The number of para-hydroxylation sites is 1. The molecule has 3 aromatic rings. The molecule has 1 aliphatic heterocycles. The van der Waals surface area contributed by atoms with E-state index in [2.05, 4.69) is 110 Å². The molecule has 2 heteroatoms. The van der Waals surface area contributed by atoms with Crippen molar-refractivity contribution in [3.05, 3.63) is 95.6 Å². The van der Waals surface area contributed by atoms with E-state index >= 15 is 0 Å². The van der Waals surface area contributed by atoms with Crippen LogP contribution < -0.4 is 9.80 Å². The van der Waals surface area contributed by atoms with Gasteiger partial charge in [-0.05, 0) is 18.6 Å². The number of fused-ring (bicyclic) bond motifs is 1. The number of rotatable bonds is 2. The van der Waals surface area contributed by atoms with Crippen LogP contribution in [0.1, 0.15) is 16.7 Å². The molecule has 24 heavy (non-hydrogen) atoms. The van der Waals surface area contributed by atoms with Crippen LogP contribution in [0.4, 0.5) is 11.4 Å². The second kappa shape index (κ2) is 5.41. The SMILES string of the molecule is Cc1cccc2c1N(C)C(c1ccccc1)(c1ccccc1)N2C. The summed E-state index contributed by atoms with van der Waals surface area (Å²) >= 11 is 0. The van der Waals surface area contributed by atoms with E-state index in [0.29, 0.717) is 0 Å². The molecule has 0 radical (unpaired) electrons. The van der Waals surface area contributed by atoms with Gasteiger partial charge in [-0.25, -0.2) is 0 Å². The Morgan fingerprint density at radius 3 is 1.67 bits per heavy atom. The Bertz CT molecular complexity index is 816. The number of benzene rings is 3. The van der Waals surface area contributed by atoms with E-state index in [1.807, 2.05) is 0 Å². The van der Waals surface area contributed by atoms with Crippen molar-refractivity contribution < 1.29 is 0 Å². The van der Waals surface area contributed by atoms with Gasteiger partial charge >= 0.3 is 0 Å². The van der Waals surface area contributed by atoms with Gasteiger partial charge in [-0.2, -0.15) is 0 Å². The molecular formula is C22H22N2. The normalized spacial score (nSPS) is 15.5. The Morgan fingerprint density at radius 2 is 1.17 bits per heavy atom. The number of aryl methyl sites for hydroxylation is 1. The van der Waals surface area contributed by atoms with Crippen LogP contribution in [0.3, 0.4) is 0 Å². The van der Waals surface area contributed by atoms with E-state index in [1.54, 1.807) is 0 Å². The summed E-state index contributed by atoms with van der Waals surface area (Å²) in [5, 5.41) is 0. The molecule has 120 valence electrons. The van der Waals surface area contributed by atoms with E-state index in [-0.39, 0.29) is 5.66 Å². The van der Waals surface area contributed by atoms with Crippen LogP contribution in [0.2, 0.25) is 0 Å². The first-order valence-corrected chi connectivity index (χ1v) is 8.35. The topological polar surface area (TPSA) is 6.48 Å². The molecule has 1 aliphatic rings. The van der Waals surface area contributed by atoms with Gasteiger partial charge in [-0.1, -0.05) is 72.8 Å². The van der Waals surface area contributed by atoms with Gasteiger partial charge in [0.05, 0.1) is 11.4 Å². The van der Waals surface area contributed by atoms with Gasteiger partial charge in [-0.3, -0.25) is 0 Å². The van der Waals surface area contributed by atoms with Gasteiger partial charge in [-0.15, -0.1) is 0 Å². The summed E-state index contributed by atoms with van der Waals surface area (Å²) in [6.45, 7) is 2.19. The minimum Gasteiger partial charge on any atom is -0.343 e. The van der Waals surface area contributed by atoms with Gasteiger partial charge in [0.2, 0.25) is 0 Å². The molecule has 0 bridgehead atoms. The highest BCUT2D eigenvalue weighted by molar-refractivity contribution is 5.84. The predicted molar refractivity (Wildman–Crippen MR) is 102 cm³/mol. The molecule has 0 spiro atoms. The third-order valence-electron chi connectivity index (χ3n) is 5.24. The van der Waals surface area contributed by atoms with Gasteiger partial charge in [0.25, 0.3) is 0 Å². The van der Waals surface area contributed by atoms with Crippen LogP contribution in [0.25, 0.3) is 0 Å². The lowest BCUT2D eigenvalue weighted by atomic mass is 9.89. The Kier molecular flexibility index (Phi) is 3.34. The van der Waals surface area contributed by atoms with Crippen LogP contribution in [0.5, 0.6) is 0 Å². The summed E-state index contributed by atoms with van der Waals surface area (Å²) in [7, 11) is 4.40. The van der Waals surface area contributed by atoms with E-state index < -0.39 is 0 Å². The maximum Gasteiger partial charge on any atom is 0.166 e. The molecule has 0 saturated carbocycles. The fourth-order valence-corrected chi connectivity index (χ4v) is 4.19. The van der Waals surface area contributed by atoms with Crippen LogP contribution >= 0.6 is 0 Å². The van der Waals surface area contributed by atoms with Crippen molar-refractivity contribution in [1.29, 1.82) is 0 Å². The van der Waals surface area contributed by atoms with Crippen molar-refractivity contribution >= 4 is 11.4 Å². The van der Waals surface area contributed by atoms with Crippen LogP contribution in [-0.4, -0.2) is 14.1 Å². The first-order valence-electron chi connectivity index (χ1n) is 8.35. The first kappa shape index (κ1) is 14.8. The third-order valence-corrected chi connectivity index (χ3v) is 5.24. The highest BCUT2D eigenvalue weighted by atomic mass is 15.4. The van der Waals surface area contributed by atoms with E-state index in [4.69, 9.17) is 0 Å². The summed E-state index contributed by atoms with van der Waals surface area (Å²) in [4.78, 5) is 4.82. The molecule has 0 fully saturated rings. The molecule has 0 aliphatic carbocycles. The predicted octanol–water partition coefficient (Wildman–Crippen LogP) is 4.78. The molecule has 0 aromatic heterocycles. The van der Waals surface area contributed by atoms with Gasteiger partial charge < -0.3 is 9.80 Å². The lowest BCUT2D eigenvalue weighted by molar-refractivity contribution is 0.521. The Labute approximate surface area is 144 Å². The summed E-state index contributed by atoms with van der Waals surface area (Å²) in [6, 6.07) is 28.1. The molecule has 0 atom stereocenters. The zero-order valence-corrected chi connectivity index (χ0v) is 14.4. The average Bonchev–Trinajstić information content (AvgIpc) is 2.86. The Hall–Kier alpha value is -2.74. The molecule has 0 amide bonds. The highest BCUT2D eigenvalue weighted by Crippen LogP contribution is 2.52. The quantitative estimate of drug-likeness (QED) is 0.671. The average molecular weight is 314 g/mol. The van der Waals surface area contributed by atoms with Crippen molar-refractivity contribution in [3.8, 4) is 0 Å². The molecule has 2 nitrogen and oxygen atoms in total. The molecule has 4 rings (SSSR count). The zero-order valence-electron chi connectivity index (χ0n) is 14.4. The smallest absolute Gasteiger partial charge is 0.166 e. The Balaban J connectivity index is 2.05. The minimum atomic E-state index is -0.336. The molecule has 0 saturated heterocycles. The van der Waals surface area contributed by atoms with Crippen molar-refractivity contribution in [3.63, 3.8) is 0 Å². The summed E-state index contributed by atoms with van der Waals surface area (Å²) in [5.74, 6) is 0. The standard InChI is InChI=1S/C22H22N2/c1-17-11-10-16-20-21(17)24(3)22(23(20)2,18-12-6-4-7-13-18)19-14-8-5-9-15-19/h4-16H,1-3H3. The summed E-state index contributed by atoms with van der Waals surface area (Å²) < 4.78 is 0. The lowest BCUT2D eigenvalue weighted by Crippen LogP contribution is -2.52. The first-order chi connectivity index (χ1) is 11.7. The monoisotopic (exact) mass is 314 g/mol. The van der Waals surface area contributed by atoms with Gasteiger partial charge in [0, 0.05) is 25.2 Å². The summed E-state index contributed by atoms with van der Waals surface area (Å²) in [6.07, 6.45) is 0. The molecule has 0 unspecified atom stereocenters.